The minimum atomic E-state index is -5.87. The standard InChI is InChI=1S/C16H10F12N2O3S/c1-6-2-7(17)8(3-10(6)34(31)5-14(21,22)23)30-9(12(18)19)4-11(29-30)32-15(24,25)13(20)33-16(26,27)28/h2-4,12-13H,5H2,1H3. The van der Waals surface area contributed by atoms with E-state index < -0.39 is 76.0 Å². The van der Waals surface area contributed by atoms with Gasteiger partial charge < -0.3 is 4.74 Å². The Balaban J connectivity index is 2.50. The van der Waals surface area contributed by atoms with Gasteiger partial charge in [0.15, 0.2) is 0 Å². The Morgan fingerprint density at radius 2 is 1.62 bits per heavy atom. The highest BCUT2D eigenvalue weighted by molar-refractivity contribution is 7.85. The summed E-state index contributed by atoms with van der Waals surface area (Å²) in [7, 11) is -2.84. The summed E-state index contributed by atoms with van der Waals surface area (Å²) in [5, 5.41) is 3.00. The van der Waals surface area contributed by atoms with E-state index in [1.54, 1.807) is 0 Å². The molecule has 192 valence electrons. The Kier molecular flexibility index (Phi) is 7.86. The number of aryl methyl sites for hydroxylation is 1. The van der Waals surface area contributed by atoms with Crippen molar-refractivity contribution in [1.29, 1.82) is 0 Å². The van der Waals surface area contributed by atoms with Gasteiger partial charge in [-0.05, 0) is 24.6 Å². The number of aromatic nitrogens is 2. The van der Waals surface area contributed by atoms with Gasteiger partial charge in [0, 0.05) is 11.0 Å². The number of hydrogen-bond donors (Lipinski definition) is 0. The fraction of sp³-hybridized carbons (Fsp3) is 0.438. The molecule has 34 heavy (non-hydrogen) atoms. The second-order valence-electron chi connectivity index (χ2n) is 6.34. The van der Waals surface area contributed by atoms with Crippen molar-refractivity contribution in [2.45, 2.75) is 43.2 Å². The first-order valence-electron chi connectivity index (χ1n) is 8.40. The maximum atomic E-state index is 14.4. The Labute approximate surface area is 183 Å². The van der Waals surface area contributed by atoms with Crippen LogP contribution in [-0.4, -0.2) is 44.7 Å². The maximum absolute atomic E-state index is 14.4. The van der Waals surface area contributed by atoms with Crippen molar-refractivity contribution < 1.29 is 66.4 Å². The Morgan fingerprint density at radius 3 is 2.12 bits per heavy atom. The van der Waals surface area contributed by atoms with Gasteiger partial charge in [-0.15, -0.1) is 18.3 Å². The van der Waals surface area contributed by atoms with E-state index in [1.807, 2.05) is 0 Å². The SMILES string of the molecule is Cc1cc(F)c(-n2nc(OC(F)(F)C(F)OC(F)(F)F)cc2C(F)F)cc1S(=O)CC(F)(F)F. The Hall–Kier alpha value is -2.50. The summed E-state index contributed by atoms with van der Waals surface area (Å²) in [6, 6.07) is 0.919. The number of ether oxygens (including phenoxy) is 2. The van der Waals surface area contributed by atoms with E-state index in [0.29, 0.717) is 12.1 Å². The molecule has 2 unspecified atom stereocenters. The van der Waals surface area contributed by atoms with Gasteiger partial charge in [0.05, 0.1) is 10.8 Å². The smallest absolute Gasteiger partial charge is 0.409 e. The van der Waals surface area contributed by atoms with Crippen LogP contribution in [-0.2, 0) is 15.5 Å². The molecule has 5 nitrogen and oxygen atoms in total. The molecule has 0 radical (unpaired) electrons. The molecule has 0 N–H and O–H groups in total. The van der Waals surface area contributed by atoms with Crippen LogP contribution in [0.2, 0.25) is 0 Å². The highest BCUT2D eigenvalue weighted by Crippen LogP contribution is 2.35. The van der Waals surface area contributed by atoms with Gasteiger partial charge in [-0.1, -0.05) is 0 Å². The molecule has 0 spiro atoms. The van der Waals surface area contributed by atoms with Gasteiger partial charge in [-0.2, -0.15) is 22.0 Å². The second kappa shape index (κ2) is 9.63. The number of hydrogen-bond acceptors (Lipinski definition) is 4. The van der Waals surface area contributed by atoms with Gasteiger partial charge in [-0.25, -0.2) is 27.0 Å². The van der Waals surface area contributed by atoms with Crippen molar-refractivity contribution in [1.82, 2.24) is 9.78 Å². The molecular weight excluding hydrogens is 528 g/mol. The third-order valence-electron chi connectivity index (χ3n) is 3.69. The Bertz CT molecular complexity index is 1050. The first-order chi connectivity index (χ1) is 15.3. The number of halogens is 12. The molecule has 18 heteroatoms. The molecule has 1 aromatic carbocycles. The van der Waals surface area contributed by atoms with Crippen molar-refractivity contribution >= 4 is 10.8 Å². The Morgan fingerprint density at radius 1 is 1.03 bits per heavy atom. The molecule has 1 aromatic heterocycles. The van der Waals surface area contributed by atoms with Crippen molar-refractivity contribution in [2.24, 2.45) is 0 Å². The van der Waals surface area contributed by atoms with E-state index in [-0.39, 0.29) is 16.3 Å². The van der Waals surface area contributed by atoms with Gasteiger partial charge in [0.25, 0.3) is 6.43 Å². The fourth-order valence-electron chi connectivity index (χ4n) is 2.42. The summed E-state index contributed by atoms with van der Waals surface area (Å²) < 4.78 is 173. The summed E-state index contributed by atoms with van der Waals surface area (Å²) in [5.74, 6) is -4.94. The summed E-state index contributed by atoms with van der Waals surface area (Å²) in [4.78, 5) is -0.667. The third kappa shape index (κ3) is 7.00. The topological polar surface area (TPSA) is 53.4 Å². The third-order valence-corrected chi connectivity index (χ3v) is 5.21. The highest BCUT2D eigenvalue weighted by atomic mass is 32.2. The highest BCUT2D eigenvalue weighted by Gasteiger charge is 2.51. The summed E-state index contributed by atoms with van der Waals surface area (Å²) in [6.45, 7) is 1.05. The minimum absolute atomic E-state index is 0.00939. The van der Waals surface area contributed by atoms with E-state index in [2.05, 4.69) is 14.6 Å². The predicted octanol–water partition coefficient (Wildman–Crippen LogP) is 5.73. The largest absolute Gasteiger partial charge is 0.525 e. The van der Waals surface area contributed by atoms with Crippen molar-refractivity contribution in [3.8, 4) is 11.6 Å². The molecule has 0 saturated carbocycles. The lowest BCUT2D eigenvalue weighted by atomic mass is 10.2. The fourth-order valence-corrected chi connectivity index (χ4v) is 3.53. The van der Waals surface area contributed by atoms with Gasteiger partial charge in [0.1, 0.15) is 23.0 Å². The molecule has 0 aliphatic heterocycles. The predicted molar refractivity (Wildman–Crippen MR) is 88.2 cm³/mol. The summed E-state index contributed by atoms with van der Waals surface area (Å²) in [6.07, 6.45) is -24.3. The molecule has 0 aliphatic rings. The van der Waals surface area contributed by atoms with E-state index >= 15 is 0 Å². The van der Waals surface area contributed by atoms with E-state index in [9.17, 15) is 56.9 Å². The number of benzene rings is 1. The van der Waals surface area contributed by atoms with Crippen molar-refractivity contribution in [3.63, 3.8) is 0 Å². The van der Waals surface area contributed by atoms with Crippen molar-refractivity contribution in [2.75, 3.05) is 5.75 Å². The zero-order chi connectivity index (χ0) is 26.2. The lowest BCUT2D eigenvalue weighted by molar-refractivity contribution is -0.411. The molecule has 0 amide bonds. The normalized spacial score (nSPS) is 15.0. The van der Waals surface area contributed by atoms with Crippen LogP contribution in [0.4, 0.5) is 52.7 Å². The molecule has 0 aliphatic carbocycles. The number of nitrogens with zero attached hydrogens (tertiary/aromatic N) is 2. The van der Waals surface area contributed by atoms with E-state index in [1.165, 1.54) is 0 Å². The molecule has 1 heterocycles. The van der Waals surface area contributed by atoms with Crippen LogP contribution in [0.25, 0.3) is 5.69 Å². The first kappa shape index (κ1) is 27.7. The van der Waals surface area contributed by atoms with Crippen LogP contribution in [0, 0.1) is 12.7 Å². The lowest BCUT2D eigenvalue weighted by Crippen LogP contribution is -2.41. The van der Waals surface area contributed by atoms with Gasteiger partial charge in [-0.3, -0.25) is 4.21 Å². The zero-order valence-electron chi connectivity index (χ0n) is 16.2. The monoisotopic (exact) mass is 538 g/mol. The molecule has 0 bridgehead atoms. The first-order valence-corrected chi connectivity index (χ1v) is 9.72. The molecule has 2 aromatic rings. The van der Waals surface area contributed by atoms with Crippen LogP contribution in [0.3, 0.4) is 0 Å². The van der Waals surface area contributed by atoms with Crippen molar-refractivity contribution in [3.05, 3.63) is 35.3 Å². The average Bonchev–Trinajstić information content (AvgIpc) is 3.01. The molecule has 2 rings (SSSR count). The molecule has 0 fully saturated rings. The number of alkyl halides is 11. The van der Waals surface area contributed by atoms with Crippen LogP contribution in [0.1, 0.15) is 17.7 Å². The maximum Gasteiger partial charge on any atom is 0.525 e. The molecular formula is C16H10F12N2O3S. The molecule has 2 atom stereocenters. The quantitative estimate of drug-likeness (QED) is 0.403. The van der Waals surface area contributed by atoms with E-state index in [4.69, 9.17) is 0 Å². The van der Waals surface area contributed by atoms with Crippen LogP contribution in [0.15, 0.2) is 23.1 Å². The lowest BCUT2D eigenvalue weighted by Gasteiger charge is -2.20. The molecule has 0 saturated heterocycles. The summed E-state index contributed by atoms with van der Waals surface area (Å²) >= 11 is 0. The second-order valence-corrected chi connectivity index (χ2v) is 7.76. The van der Waals surface area contributed by atoms with Crippen LogP contribution in [0.5, 0.6) is 5.88 Å². The zero-order valence-corrected chi connectivity index (χ0v) is 17.0. The average molecular weight is 538 g/mol. The number of rotatable bonds is 8. The van der Waals surface area contributed by atoms with Gasteiger partial charge in [0.2, 0.25) is 5.88 Å². The van der Waals surface area contributed by atoms with E-state index in [0.717, 1.165) is 6.92 Å². The minimum Gasteiger partial charge on any atom is -0.409 e. The van der Waals surface area contributed by atoms with Gasteiger partial charge >= 0.3 is 25.0 Å². The van der Waals surface area contributed by atoms with Crippen LogP contribution >= 0.6 is 0 Å². The van der Waals surface area contributed by atoms with Crippen LogP contribution < -0.4 is 4.74 Å². The summed E-state index contributed by atoms with van der Waals surface area (Å²) in [5.41, 5.74) is -2.80.